The smallest absolute Gasteiger partial charge is 0.414 e. The second-order valence-corrected chi connectivity index (χ2v) is 8.96. The third-order valence-electron chi connectivity index (χ3n) is 3.52. The number of carbonyl (C=O) groups excluding carboxylic acids is 2. The summed E-state index contributed by atoms with van der Waals surface area (Å²) in [4.78, 5) is 28.3. The molecule has 2 amide bonds. The molecule has 0 saturated heterocycles. The van der Waals surface area contributed by atoms with Crippen molar-refractivity contribution in [2.45, 2.75) is 111 Å². The van der Waals surface area contributed by atoms with Crippen LogP contribution in [-0.2, 0) is 9.47 Å². The van der Waals surface area contributed by atoms with Crippen molar-refractivity contribution in [3.05, 3.63) is 0 Å². The predicted molar refractivity (Wildman–Crippen MR) is 114 cm³/mol. The van der Waals surface area contributed by atoms with Gasteiger partial charge in [-0.15, -0.1) is 0 Å². The van der Waals surface area contributed by atoms with Gasteiger partial charge in [-0.2, -0.15) is 0 Å². The summed E-state index contributed by atoms with van der Waals surface area (Å²) in [5.74, 6) is 0.0476. The zero-order valence-electron chi connectivity index (χ0n) is 18.9. The van der Waals surface area contributed by atoms with Crippen LogP contribution in [0.15, 0.2) is 4.99 Å². The quantitative estimate of drug-likeness (QED) is 0.303. The van der Waals surface area contributed by atoms with Crippen molar-refractivity contribution in [2.24, 2.45) is 4.99 Å². The van der Waals surface area contributed by atoms with E-state index in [9.17, 15) is 9.59 Å². The van der Waals surface area contributed by atoms with Gasteiger partial charge in [0.2, 0.25) is 5.96 Å². The van der Waals surface area contributed by atoms with E-state index >= 15 is 0 Å². The van der Waals surface area contributed by atoms with Gasteiger partial charge in [0.05, 0.1) is 0 Å². The van der Waals surface area contributed by atoms with Crippen molar-refractivity contribution in [3.8, 4) is 0 Å². The lowest BCUT2D eigenvalue weighted by molar-refractivity contribution is 0.0545. The van der Waals surface area contributed by atoms with E-state index in [-0.39, 0.29) is 5.96 Å². The van der Waals surface area contributed by atoms with Crippen molar-refractivity contribution in [2.75, 3.05) is 6.54 Å². The highest BCUT2D eigenvalue weighted by atomic mass is 16.6. The van der Waals surface area contributed by atoms with E-state index in [1.165, 1.54) is 38.5 Å². The second kappa shape index (κ2) is 13.4. The molecule has 0 radical (unpaired) electrons. The zero-order chi connectivity index (χ0) is 21.6. The number of aliphatic imine (C=N–C) groups is 1. The van der Waals surface area contributed by atoms with Crippen molar-refractivity contribution in [3.63, 3.8) is 0 Å². The SMILES string of the molecule is CCCCCCCCCCN=C(NC(=O)OC(C)(C)C)NC(=O)OC(C)(C)C. The van der Waals surface area contributed by atoms with Gasteiger partial charge in [-0.1, -0.05) is 51.9 Å². The Morgan fingerprint density at radius 3 is 1.50 bits per heavy atom. The molecule has 28 heavy (non-hydrogen) atoms. The first-order valence-corrected chi connectivity index (χ1v) is 10.5. The number of nitrogens with one attached hydrogen (secondary N) is 2. The van der Waals surface area contributed by atoms with Crippen molar-refractivity contribution in [1.82, 2.24) is 10.6 Å². The number of ether oxygens (including phenoxy) is 2. The summed E-state index contributed by atoms with van der Waals surface area (Å²) >= 11 is 0. The first kappa shape index (κ1) is 26.2. The molecule has 0 aliphatic carbocycles. The second-order valence-electron chi connectivity index (χ2n) is 8.96. The van der Waals surface area contributed by atoms with Gasteiger partial charge >= 0.3 is 12.2 Å². The molecule has 0 unspecified atom stereocenters. The van der Waals surface area contributed by atoms with Gasteiger partial charge in [-0.25, -0.2) is 9.59 Å². The van der Waals surface area contributed by atoms with Gasteiger partial charge < -0.3 is 9.47 Å². The lowest BCUT2D eigenvalue weighted by Gasteiger charge is -2.22. The molecule has 2 N–H and O–H groups in total. The van der Waals surface area contributed by atoms with Crippen LogP contribution >= 0.6 is 0 Å². The molecule has 164 valence electrons. The third-order valence-corrected chi connectivity index (χ3v) is 3.52. The average molecular weight is 400 g/mol. The molecule has 7 nitrogen and oxygen atoms in total. The van der Waals surface area contributed by atoms with Gasteiger partial charge in [-0.05, 0) is 48.0 Å². The minimum absolute atomic E-state index is 0.0476. The molecule has 0 fully saturated rings. The molecule has 0 aromatic carbocycles. The summed E-state index contributed by atoms with van der Waals surface area (Å²) in [5.41, 5.74) is -1.28. The van der Waals surface area contributed by atoms with E-state index in [1.807, 2.05) is 0 Å². The number of alkyl carbamates (subject to hydrolysis) is 2. The van der Waals surface area contributed by atoms with Crippen LogP contribution in [0.2, 0.25) is 0 Å². The number of hydrogen-bond acceptors (Lipinski definition) is 5. The van der Waals surface area contributed by atoms with Crippen LogP contribution in [-0.4, -0.2) is 35.9 Å². The fourth-order valence-corrected chi connectivity index (χ4v) is 2.35. The third kappa shape index (κ3) is 17.6. The number of guanidine groups is 1. The van der Waals surface area contributed by atoms with E-state index in [1.54, 1.807) is 41.5 Å². The molecule has 0 spiro atoms. The number of rotatable bonds is 9. The Labute approximate surface area is 171 Å². The summed E-state index contributed by atoms with van der Waals surface area (Å²) < 4.78 is 10.4. The Bertz CT molecular complexity index is 459. The van der Waals surface area contributed by atoms with Crippen LogP contribution in [0.25, 0.3) is 0 Å². The molecular formula is C21H41N3O4. The maximum absolute atomic E-state index is 12.0. The molecule has 0 heterocycles. The largest absolute Gasteiger partial charge is 0.444 e. The summed E-state index contributed by atoms with van der Waals surface area (Å²) in [6.45, 7) is 13.3. The zero-order valence-corrected chi connectivity index (χ0v) is 18.9. The van der Waals surface area contributed by atoms with Crippen LogP contribution in [0.3, 0.4) is 0 Å². The summed E-state index contributed by atoms with van der Waals surface area (Å²) in [5, 5.41) is 4.98. The van der Waals surface area contributed by atoms with E-state index in [2.05, 4.69) is 22.5 Å². The van der Waals surface area contributed by atoms with E-state index in [0.29, 0.717) is 6.54 Å². The molecule has 0 aliphatic rings. The maximum Gasteiger partial charge on any atom is 0.414 e. The van der Waals surface area contributed by atoms with Gasteiger partial charge in [0.25, 0.3) is 0 Å². The summed E-state index contributed by atoms with van der Waals surface area (Å²) in [7, 11) is 0. The predicted octanol–water partition coefficient (Wildman–Crippen LogP) is 5.53. The molecular weight excluding hydrogens is 358 g/mol. The fraction of sp³-hybridized carbons (Fsp3) is 0.857. The Morgan fingerprint density at radius 2 is 1.11 bits per heavy atom. The van der Waals surface area contributed by atoms with Crippen LogP contribution in [0.1, 0.15) is 99.8 Å². The van der Waals surface area contributed by atoms with Crippen molar-refractivity contribution in [1.29, 1.82) is 0 Å². The Kier molecular flexibility index (Phi) is 12.5. The molecule has 0 atom stereocenters. The molecule has 0 bridgehead atoms. The average Bonchev–Trinajstić information content (AvgIpc) is 2.49. The highest BCUT2D eigenvalue weighted by Crippen LogP contribution is 2.09. The van der Waals surface area contributed by atoms with Crippen LogP contribution < -0.4 is 10.6 Å². The number of carbonyl (C=O) groups is 2. The minimum atomic E-state index is -0.668. The van der Waals surface area contributed by atoms with Crippen LogP contribution in [0.4, 0.5) is 9.59 Å². The highest BCUT2D eigenvalue weighted by Gasteiger charge is 2.21. The molecule has 0 saturated carbocycles. The summed E-state index contributed by atoms with van der Waals surface area (Å²) in [6, 6.07) is 0. The van der Waals surface area contributed by atoms with Gasteiger partial charge in [-0.3, -0.25) is 15.6 Å². The highest BCUT2D eigenvalue weighted by molar-refractivity contribution is 6.01. The van der Waals surface area contributed by atoms with Gasteiger partial charge in [0.1, 0.15) is 11.2 Å². The van der Waals surface area contributed by atoms with Crippen LogP contribution in [0, 0.1) is 0 Å². The van der Waals surface area contributed by atoms with E-state index < -0.39 is 23.4 Å². The molecule has 0 aromatic rings. The Hall–Kier alpha value is -1.79. The lowest BCUT2D eigenvalue weighted by atomic mass is 10.1. The topological polar surface area (TPSA) is 89.0 Å². The monoisotopic (exact) mass is 399 g/mol. The Morgan fingerprint density at radius 1 is 0.714 bits per heavy atom. The standard InChI is InChI=1S/C21H41N3O4/c1-8-9-10-11-12-13-14-15-16-22-17(23-18(25)27-20(2,3)4)24-19(26)28-21(5,6)7/h8-16H2,1-7H3,(H2,22,23,24,25,26). The number of amides is 2. The lowest BCUT2D eigenvalue weighted by Crippen LogP contribution is -2.47. The molecule has 0 aliphatic heterocycles. The number of nitrogens with zero attached hydrogens (tertiary/aromatic N) is 1. The first-order chi connectivity index (χ1) is 12.9. The molecule has 0 rings (SSSR count). The van der Waals surface area contributed by atoms with Gasteiger partial charge in [0, 0.05) is 6.54 Å². The van der Waals surface area contributed by atoms with Crippen molar-refractivity contribution < 1.29 is 19.1 Å². The van der Waals surface area contributed by atoms with E-state index in [4.69, 9.17) is 9.47 Å². The number of hydrogen-bond donors (Lipinski definition) is 2. The molecule has 7 heteroatoms. The number of unbranched alkanes of at least 4 members (excludes halogenated alkanes) is 7. The first-order valence-electron chi connectivity index (χ1n) is 10.5. The summed E-state index contributed by atoms with van der Waals surface area (Å²) in [6.07, 6.45) is 8.19. The Balaban J connectivity index is 4.51. The van der Waals surface area contributed by atoms with E-state index in [0.717, 1.165) is 12.8 Å². The van der Waals surface area contributed by atoms with Gasteiger partial charge in [0.15, 0.2) is 0 Å². The van der Waals surface area contributed by atoms with Crippen LogP contribution in [0.5, 0.6) is 0 Å². The maximum atomic E-state index is 12.0. The normalized spacial score (nSPS) is 11.5. The fourth-order valence-electron chi connectivity index (χ4n) is 2.35. The minimum Gasteiger partial charge on any atom is -0.444 e. The molecule has 0 aromatic heterocycles. The van der Waals surface area contributed by atoms with Crippen molar-refractivity contribution >= 4 is 18.1 Å².